The lowest BCUT2D eigenvalue weighted by Crippen LogP contribution is -2.51. The number of nitrogens with zero attached hydrogens (tertiary/aromatic N) is 1. The average molecular weight is 495 g/mol. The molecule has 8 heteroatoms. The number of fused-ring (bicyclic) bond motifs is 3. The van der Waals surface area contributed by atoms with Crippen molar-refractivity contribution in [1.82, 2.24) is 10.2 Å². The molecule has 2 aromatic rings. The fourth-order valence-electron chi connectivity index (χ4n) is 5.78. The van der Waals surface area contributed by atoms with Crippen LogP contribution in [0.5, 0.6) is 0 Å². The number of benzene rings is 2. The molecule has 2 N–H and O–H groups in total. The van der Waals surface area contributed by atoms with Crippen molar-refractivity contribution >= 4 is 29.7 Å². The predicted molar refractivity (Wildman–Crippen MR) is 134 cm³/mol. The standard InChI is InChI=1S/C27H30N2O5S/c1-2-24-29(23(15-35-24)26(31)32)25(30)20-12-7-13-22(20)28-27(33)34-14-21-18-10-5-3-8-16(18)17-9-4-6-11-19(17)21/h3-6,8-11,20-24H,2,7,12-15H2,1H3,(H,28,33)(H,31,32)/t20-,22+,23?,24?/m1/s1. The Labute approximate surface area is 209 Å². The van der Waals surface area contributed by atoms with Crippen LogP contribution in [0, 0.1) is 5.92 Å². The molecule has 184 valence electrons. The van der Waals surface area contributed by atoms with Crippen molar-refractivity contribution in [1.29, 1.82) is 0 Å². The SMILES string of the molecule is CCC1SCC(C(=O)O)N1C(=O)[C@@H]1CCC[C@@H]1NC(=O)OCC1c2ccccc2-c2ccccc21. The van der Waals surface area contributed by atoms with Crippen LogP contribution in [-0.2, 0) is 14.3 Å². The highest BCUT2D eigenvalue weighted by atomic mass is 32.2. The molecule has 35 heavy (non-hydrogen) atoms. The molecule has 5 rings (SSSR count). The summed E-state index contributed by atoms with van der Waals surface area (Å²) in [7, 11) is 0. The first kappa shape index (κ1) is 23.7. The van der Waals surface area contributed by atoms with Gasteiger partial charge in [-0.25, -0.2) is 9.59 Å². The number of carboxylic acids is 1. The second-order valence-electron chi connectivity index (χ2n) is 9.41. The number of hydrogen-bond donors (Lipinski definition) is 2. The maximum Gasteiger partial charge on any atom is 0.407 e. The van der Waals surface area contributed by atoms with Gasteiger partial charge in [0.25, 0.3) is 0 Å². The zero-order chi connectivity index (χ0) is 24.5. The summed E-state index contributed by atoms with van der Waals surface area (Å²) >= 11 is 1.51. The maximum absolute atomic E-state index is 13.4. The molecule has 2 amide bonds. The number of ether oxygens (including phenoxy) is 1. The Balaban J connectivity index is 1.24. The van der Waals surface area contributed by atoms with Gasteiger partial charge in [0, 0.05) is 17.7 Å². The second-order valence-corrected chi connectivity index (χ2v) is 10.6. The molecule has 2 unspecified atom stereocenters. The number of rotatable bonds is 6. The molecular weight excluding hydrogens is 464 g/mol. The Kier molecular flexibility index (Phi) is 6.73. The van der Waals surface area contributed by atoms with E-state index in [4.69, 9.17) is 4.74 Å². The summed E-state index contributed by atoms with van der Waals surface area (Å²) in [5.41, 5.74) is 4.63. The minimum absolute atomic E-state index is 0.0302. The van der Waals surface area contributed by atoms with Crippen molar-refractivity contribution < 1.29 is 24.2 Å². The van der Waals surface area contributed by atoms with Crippen LogP contribution in [-0.4, -0.2) is 57.8 Å². The van der Waals surface area contributed by atoms with Crippen LogP contribution in [0.3, 0.4) is 0 Å². The van der Waals surface area contributed by atoms with Gasteiger partial charge in [-0.15, -0.1) is 11.8 Å². The van der Waals surface area contributed by atoms with E-state index in [9.17, 15) is 19.5 Å². The highest BCUT2D eigenvalue weighted by Crippen LogP contribution is 2.44. The Hall–Kier alpha value is -3.00. The molecule has 2 aromatic carbocycles. The van der Waals surface area contributed by atoms with E-state index >= 15 is 0 Å². The predicted octanol–water partition coefficient (Wildman–Crippen LogP) is 4.46. The zero-order valence-corrected chi connectivity index (χ0v) is 20.5. The van der Waals surface area contributed by atoms with Crippen LogP contribution >= 0.6 is 11.8 Å². The summed E-state index contributed by atoms with van der Waals surface area (Å²) in [5.74, 6) is -1.20. The molecule has 0 spiro atoms. The molecule has 0 aromatic heterocycles. The van der Waals surface area contributed by atoms with Gasteiger partial charge in [0.2, 0.25) is 5.91 Å². The van der Waals surface area contributed by atoms with E-state index in [0.717, 1.165) is 17.5 Å². The number of hydrogen-bond acceptors (Lipinski definition) is 5. The highest BCUT2D eigenvalue weighted by molar-refractivity contribution is 8.00. The summed E-state index contributed by atoms with van der Waals surface area (Å²) in [5, 5.41) is 12.4. The molecule has 4 atom stereocenters. The fourth-order valence-corrected chi connectivity index (χ4v) is 7.13. The topological polar surface area (TPSA) is 95.9 Å². The molecule has 1 aliphatic heterocycles. The molecule has 1 saturated carbocycles. The van der Waals surface area contributed by atoms with Crippen molar-refractivity contribution in [3.8, 4) is 11.1 Å². The minimum atomic E-state index is -0.971. The van der Waals surface area contributed by atoms with Gasteiger partial charge in [-0.05, 0) is 41.5 Å². The Bertz CT molecular complexity index is 1090. The third-order valence-corrected chi connectivity index (χ3v) is 8.91. The van der Waals surface area contributed by atoms with E-state index in [-0.39, 0.29) is 29.8 Å². The first-order chi connectivity index (χ1) is 17.0. The normalized spacial score (nSPS) is 25.2. The van der Waals surface area contributed by atoms with E-state index in [2.05, 4.69) is 29.6 Å². The molecule has 1 saturated heterocycles. The quantitative estimate of drug-likeness (QED) is 0.616. The fraction of sp³-hybridized carbons (Fsp3) is 0.444. The molecular formula is C27H30N2O5S. The van der Waals surface area contributed by atoms with Crippen LogP contribution < -0.4 is 5.32 Å². The second kappa shape index (κ2) is 9.93. The van der Waals surface area contributed by atoms with E-state index in [1.165, 1.54) is 27.8 Å². The van der Waals surface area contributed by atoms with Crippen LogP contribution in [0.15, 0.2) is 48.5 Å². The number of carboxylic acid groups (broad SMARTS) is 1. The summed E-state index contributed by atoms with van der Waals surface area (Å²) in [6.07, 6.45) is 2.28. The summed E-state index contributed by atoms with van der Waals surface area (Å²) < 4.78 is 5.68. The number of carbonyl (C=O) groups excluding carboxylic acids is 2. The number of nitrogens with one attached hydrogen (secondary N) is 1. The Morgan fingerprint density at radius 2 is 1.71 bits per heavy atom. The summed E-state index contributed by atoms with van der Waals surface area (Å²) in [4.78, 5) is 39.5. The first-order valence-corrected chi connectivity index (χ1v) is 13.3. The monoisotopic (exact) mass is 494 g/mol. The third-order valence-electron chi connectivity index (χ3n) is 7.46. The summed E-state index contributed by atoms with van der Waals surface area (Å²) in [6.45, 7) is 2.18. The molecule has 0 bridgehead atoms. The van der Waals surface area contributed by atoms with E-state index in [1.807, 2.05) is 31.2 Å². The maximum atomic E-state index is 13.4. The van der Waals surface area contributed by atoms with Gasteiger partial charge in [-0.1, -0.05) is 61.9 Å². The van der Waals surface area contributed by atoms with Gasteiger partial charge < -0.3 is 20.1 Å². The number of carbonyl (C=O) groups is 3. The summed E-state index contributed by atoms with van der Waals surface area (Å²) in [6, 6.07) is 15.2. The number of thioether (sulfide) groups is 1. The van der Waals surface area contributed by atoms with Crippen molar-refractivity contribution in [2.75, 3.05) is 12.4 Å². The number of alkyl carbamates (subject to hydrolysis) is 1. The van der Waals surface area contributed by atoms with Gasteiger partial charge in [-0.3, -0.25) is 4.79 Å². The van der Waals surface area contributed by atoms with Crippen LogP contribution in [0.1, 0.15) is 49.7 Å². The lowest BCUT2D eigenvalue weighted by Gasteiger charge is -2.31. The molecule has 1 heterocycles. The minimum Gasteiger partial charge on any atom is -0.480 e. The number of amides is 2. The van der Waals surface area contributed by atoms with Crippen LogP contribution in [0.4, 0.5) is 4.79 Å². The zero-order valence-electron chi connectivity index (χ0n) is 19.7. The van der Waals surface area contributed by atoms with E-state index in [0.29, 0.717) is 25.0 Å². The Morgan fingerprint density at radius 1 is 1.06 bits per heavy atom. The van der Waals surface area contributed by atoms with Gasteiger partial charge in [-0.2, -0.15) is 0 Å². The van der Waals surface area contributed by atoms with Gasteiger partial charge in [0.15, 0.2) is 0 Å². The number of aliphatic carboxylic acids is 1. The van der Waals surface area contributed by atoms with Gasteiger partial charge in [0.1, 0.15) is 12.6 Å². The lowest BCUT2D eigenvalue weighted by atomic mass is 9.98. The third kappa shape index (κ3) is 4.40. The molecule has 2 fully saturated rings. The largest absolute Gasteiger partial charge is 0.480 e. The molecule has 2 aliphatic carbocycles. The van der Waals surface area contributed by atoms with Crippen LogP contribution in [0.2, 0.25) is 0 Å². The van der Waals surface area contributed by atoms with Crippen molar-refractivity contribution in [3.05, 3.63) is 59.7 Å². The smallest absolute Gasteiger partial charge is 0.407 e. The first-order valence-electron chi connectivity index (χ1n) is 12.3. The van der Waals surface area contributed by atoms with Crippen molar-refractivity contribution in [2.24, 2.45) is 5.92 Å². The molecule has 0 radical (unpaired) electrons. The van der Waals surface area contributed by atoms with Gasteiger partial charge >= 0.3 is 12.1 Å². The Morgan fingerprint density at radius 3 is 2.34 bits per heavy atom. The van der Waals surface area contributed by atoms with Crippen molar-refractivity contribution in [2.45, 2.75) is 56.0 Å². The van der Waals surface area contributed by atoms with Crippen LogP contribution in [0.25, 0.3) is 11.1 Å². The average Bonchev–Trinajstić information content (AvgIpc) is 3.58. The van der Waals surface area contributed by atoms with Crippen molar-refractivity contribution in [3.63, 3.8) is 0 Å². The van der Waals surface area contributed by atoms with E-state index < -0.39 is 24.0 Å². The lowest BCUT2D eigenvalue weighted by molar-refractivity contribution is -0.151. The van der Waals surface area contributed by atoms with E-state index in [1.54, 1.807) is 0 Å². The highest BCUT2D eigenvalue weighted by Gasteiger charge is 2.46. The van der Waals surface area contributed by atoms with Gasteiger partial charge in [0.05, 0.1) is 11.3 Å². The molecule has 7 nitrogen and oxygen atoms in total. The molecule has 3 aliphatic rings.